The fourth-order valence-electron chi connectivity index (χ4n) is 1.25. The van der Waals surface area contributed by atoms with Crippen molar-refractivity contribution in [1.29, 1.82) is 0 Å². The molecule has 0 saturated carbocycles. The van der Waals surface area contributed by atoms with Gasteiger partial charge in [0.15, 0.2) is 0 Å². The van der Waals surface area contributed by atoms with Crippen molar-refractivity contribution < 1.29 is 8.42 Å². The Labute approximate surface area is 95.5 Å². The predicted molar refractivity (Wildman–Crippen MR) is 61.8 cm³/mol. The van der Waals surface area contributed by atoms with E-state index in [1.165, 1.54) is 0 Å². The predicted octanol–water partition coefficient (Wildman–Crippen LogP) is 1.82. The van der Waals surface area contributed by atoms with Gasteiger partial charge in [-0.05, 0) is 31.0 Å². The molecule has 0 aliphatic heterocycles. The van der Waals surface area contributed by atoms with E-state index in [0.717, 1.165) is 11.1 Å². The number of hydrogen-bond donors (Lipinski definition) is 1. The quantitative estimate of drug-likeness (QED) is 0.825. The highest BCUT2D eigenvalue weighted by Gasteiger charge is 2.15. The summed E-state index contributed by atoms with van der Waals surface area (Å²) in [4.78, 5) is 0.326. The molecule has 0 aromatic heterocycles. The number of sulfonamides is 1. The second-order valence-electron chi connectivity index (χ2n) is 3.36. The summed E-state index contributed by atoms with van der Waals surface area (Å²) in [5.74, 6) is 0.268. The lowest BCUT2D eigenvalue weighted by Crippen LogP contribution is -2.26. The summed E-state index contributed by atoms with van der Waals surface area (Å²) in [6.45, 7) is 3.88. The summed E-state index contributed by atoms with van der Waals surface area (Å²) in [6.07, 6.45) is 0. The molecule has 0 aliphatic rings. The van der Waals surface area contributed by atoms with Gasteiger partial charge in [0.1, 0.15) is 0 Å². The molecule has 0 atom stereocenters. The molecule has 0 bridgehead atoms. The summed E-state index contributed by atoms with van der Waals surface area (Å²) in [7, 11) is -3.41. The highest BCUT2D eigenvalue weighted by atomic mass is 35.5. The number of alkyl halides is 1. The van der Waals surface area contributed by atoms with Gasteiger partial charge >= 0.3 is 0 Å². The van der Waals surface area contributed by atoms with Gasteiger partial charge in [0, 0.05) is 12.4 Å². The van der Waals surface area contributed by atoms with Gasteiger partial charge in [0.25, 0.3) is 0 Å². The van der Waals surface area contributed by atoms with Crippen LogP contribution in [0.2, 0.25) is 0 Å². The molecule has 0 unspecified atom stereocenters. The maximum Gasteiger partial charge on any atom is 0.240 e. The molecule has 0 radical (unpaired) electrons. The van der Waals surface area contributed by atoms with Crippen LogP contribution in [-0.2, 0) is 10.0 Å². The summed E-state index contributed by atoms with van der Waals surface area (Å²) >= 11 is 5.44. The second kappa shape index (κ2) is 4.96. The van der Waals surface area contributed by atoms with Gasteiger partial charge in [-0.15, -0.1) is 11.6 Å². The standard InChI is InChI=1S/C10H14ClNO2S/c1-8-3-4-9(2)10(7-8)15(13,14)12-6-5-11/h3-4,7,12H,5-6H2,1-2H3. The average Bonchev–Trinajstić information content (AvgIpc) is 2.18. The Morgan fingerprint density at radius 1 is 1.33 bits per heavy atom. The third-order valence-corrected chi connectivity index (χ3v) is 3.81. The van der Waals surface area contributed by atoms with E-state index in [1.807, 2.05) is 13.0 Å². The number of halogens is 1. The van der Waals surface area contributed by atoms with Crippen molar-refractivity contribution in [2.75, 3.05) is 12.4 Å². The van der Waals surface area contributed by atoms with Crippen molar-refractivity contribution >= 4 is 21.6 Å². The zero-order chi connectivity index (χ0) is 11.5. The van der Waals surface area contributed by atoms with Gasteiger partial charge in [-0.25, -0.2) is 13.1 Å². The molecule has 3 nitrogen and oxygen atoms in total. The Kier molecular flexibility index (Phi) is 4.13. The van der Waals surface area contributed by atoms with Gasteiger partial charge in [-0.1, -0.05) is 12.1 Å². The highest BCUT2D eigenvalue weighted by molar-refractivity contribution is 7.89. The average molecular weight is 248 g/mol. The topological polar surface area (TPSA) is 46.2 Å². The highest BCUT2D eigenvalue weighted by Crippen LogP contribution is 2.16. The summed E-state index contributed by atoms with van der Waals surface area (Å²) in [5, 5.41) is 0. The number of aryl methyl sites for hydroxylation is 2. The van der Waals surface area contributed by atoms with Crippen molar-refractivity contribution in [3.63, 3.8) is 0 Å². The molecule has 1 aromatic rings. The van der Waals surface area contributed by atoms with E-state index in [1.54, 1.807) is 19.1 Å². The molecule has 0 amide bonds. The van der Waals surface area contributed by atoms with E-state index in [-0.39, 0.29) is 12.4 Å². The van der Waals surface area contributed by atoms with Gasteiger partial charge in [0.2, 0.25) is 10.0 Å². The molecule has 1 rings (SSSR count). The molecular weight excluding hydrogens is 234 g/mol. The van der Waals surface area contributed by atoms with E-state index in [9.17, 15) is 8.42 Å². The lowest BCUT2D eigenvalue weighted by atomic mass is 10.2. The minimum Gasteiger partial charge on any atom is -0.210 e. The summed E-state index contributed by atoms with van der Waals surface area (Å²) in [5.41, 5.74) is 1.66. The van der Waals surface area contributed by atoms with Crippen molar-refractivity contribution in [2.45, 2.75) is 18.7 Å². The van der Waals surface area contributed by atoms with Crippen LogP contribution >= 0.6 is 11.6 Å². The van der Waals surface area contributed by atoms with E-state index < -0.39 is 10.0 Å². The van der Waals surface area contributed by atoms with E-state index in [2.05, 4.69) is 4.72 Å². The van der Waals surface area contributed by atoms with Crippen LogP contribution in [0.4, 0.5) is 0 Å². The molecule has 84 valence electrons. The molecule has 0 spiro atoms. The van der Waals surface area contributed by atoms with Crippen LogP contribution in [0, 0.1) is 13.8 Å². The zero-order valence-electron chi connectivity index (χ0n) is 8.75. The number of nitrogens with one attached hydrogen (secondary N) is 1. The van der Waals surface area contributed by atoms with Crippen LogP contribution in [0.25, 0.3) is 0 Å². The van der Waals surface area contributed by atoms with Gasteiger partial charge < -0.3 is 0 Å². The molecule has 0 heterocycles. The minimum absolute atomic E-state index is 0.247. The minimum atomic E-state index is -3.41. The molecule has 1 N–H and O–H groups in total. The fourth-order valence-corrected chi connectivity index (χ4v) is 2.81. The lowest BCUT2D eigenvalue weighted by molar-refractivity contribution is 0.583. The molecule has 0 fully saturated rings. The van der Waals surface area contributed by atoms with Crippen molar-refractivity contribution in [2.24, 2.45) is 0 Å². The third-order valence-electron chi connectivity index (χ3n) is 2.02. The van der Waals surface area contributed by atoms with Gasteiger partial charge in [-0.3, -0.25) is 0 Å². The largest absolute Gasteiger partial charge is 0.240 e. The molecule has 15 heavy (non-hydrogen) atoms. The number of hydrogen-bond acceptors (Lipinski definition) is 2. The maximum absolute atomic E-state index is 11.8. The van der Waals surface area contributed by atoms with Gasteiger partial charge in [0.05, 0.1) is 4.90 Å². The van der Waals surface area contributed by atoms with Crippen LogP contribution in [0.15, 0.2) is 23.1 Å². The Hall–Kier alpha value is -0.580. The molecular formula is C10H14ClNO2S. The van der Waals surface area contributed by atoms with Crippen molar-refractivity contribution in [1.82, 2.24) is 4.72 Å². The van der Waals surface area contributed by atoms with E-state index in [0.29, 0.717) is 4.90 Å². The van der Waals surface area contributed by atoms with Crippen LogP contribution in [-0.4, -0.2) is 20.8 Å². The van der Waals surface area contributed by atoms with Gasteiger partial charge in [-0.2, -0.15) is 0 Å². The molecule has 5 heteroatoms. The number of benzene rings is 1. The smallest absolute Gasteiger partial charge is 0.210 e. The lowest BCUT2D eigenvalue weighted by Gasteiger charge is -2.08. The first-order valence-corrected chi connectivity index (χ1v) is 6.62. The first-order valence-electron chi connectivity index (χ1n) is 4.60. The SMILES string of the molecule is Cc1ccc(C)c(S(=O)(=O)NCCCl)c1. The van der Waals surface area contributed by atoms with Crippen LogP contribution in [0.5, 0.6) is 0 Å². The first kappa shape index (κ1) is 12.5. The normalized spacial score (nSPS) is 11.7. The van der Waals surface area contributed by atoms with Crippen molar-refractivity contribution in [3.8, 4) is 0 Å². The monoisotopic (exact) mass is 247 g/mol. The summed E-state index contributed by atoms with van der Waals surface area (Å²) in [6, 6.07) is 5.34. The Bertz CT molecular complexity index is 443. The first-order chi connectivity index (χ1) is 6.97. The Morgan fingerprint density at radius 3 is 2.60 bits per heavy atom. The maximum atomic E-state index is 11.8. The zero-order valence-corrected chi connectivity index (χ0v) is 10.3. The van der Waals surface area contributed by atoms with Crippen molar-refractivity contribution in [3.05, 3.63) is 29.3 Å². The van der Waals surface area contributed by atoms with Crippen LogP contribution in [0.3, 0.4) is 0 Å². The second-order valence-corrected chi connectivity index (χ2v) is 5.47. The van der Waals surface area contributed by atoms with Crippen LogP contribution in [0.1, 0.15) is 11.1 Å². The van der Waals surface area contributed by atoms with Crippen LogP contribution < -0.4 is 4.72 Å². The molecule has 1 aromatic carbocycles. The Morgan fingerprint density at radius 2 is 2.00 bits per heavy atom. The number of rotatable bonds is 4. The Balaban J connectivity index is 3.09. The molecule has 0 aliphatic carbocycles. The summed E-state index contributed by atoms with van der Waals surface area (Å²) < 4.78 is 26.0. The fraction of sp³-hybridized carbons (Fsp3) is 0.400. The van der Waals surface area contributed by atoms with E-state index >= 15 is 0 Å². The molecule has 0 saturated heterocycles. The third kappa shape index (κ3) is 3.19. The van der Waals surface area contributed by atoms with E-state index in [4.69, 9.17) is 11.6 Å².